The minimum absolute atomic E-state index is 0.144. The van der Waals surface area contributed by atoms with Gasteiger partial charge in [-0.3, -0.25) is 9.59 Å². The van der Waals surface area contributed by atoms with E-state index in [0.29, 0.717) is 12.0 Å². The molecule has 0 aromatic rings. The van der Waals surface area contributed by atoms with E-state index in [-0.39, 0.29) is 18.4 Å². The van der Waals surface area contributed by atoms with Crippen molar-refractivity contribution >= 4 is 11.8 Å². The monoisotopic (exact) mass is 268 g/mol. The van der Waals surface area contributed by atoms with Crippen LogP contribution in [0.1, 0.15) is 34.1 Å². The molecule has 5 nitrogen and oxygen atoms in total. The first-order valence-corrected chi connectivity index (χ1v) is 6.34. The molecule has 19 heavy (non-hydrogen) atoms. The van der Waals surface area contributed by atoms with Crippen LogP contribution >= 0.6 is 0 Å². The molecule has 0 saturated heterocycles. The van der Waals surface area contributed by atoms with Crippen LogP contribution in [0.25, 0.3) is 0 Å². The number of primary amides is 1. The minimum atomic E-state index is -0.677. The Morgan fingerprint density at radius 3 is 2.26 bits per heavy atom. The lowest BCUT2D eigenvalue weighted by Gasteiger charge is -2.18. The summed E-state index contributed by atoms with van der Waals surface area (Å²) < 4.78 is 0. The molecule has 0 bridgehead atoms. The summed E-state index contributed by atoms with van der Waals surface area (Å²) >= 11 is 0. The third-order valence-electron chi connectivity index (χ3n) is 2.53. The first-order valence-electron chi connectivity index (χ1n) is 6.34. The van der Waals surface area contributed by atoms with Crippen molar-refractivity contribution in [3.8, 4) is 0 Å². The van der Waals surface area contributed by atoms with Gasteiger partial charge in [-0.1, -0.05) is 31.6 Å². The maximum Gasteiger partial charge on any atom is 0.251 e. The summed E-state index contributed by atoms with van der Waals surface area (Å²) in [7, 11) is 0. The molecular weight excluding hydrogens is 244 g/mol. The Bertz CT molecular complexity index is 380. The van der Waals surface area contributed by atoms with Crippen molar-refractivity contribution in [2.24, 2.45) is 11.7 Å². The van der Waals surface area contributed by atoms with E-state index in [1.54, 1.807) is 13.8 Å². The van der Waals surface area contributed by atoms with Gasteiger partial charge in [-0.15, -0.1) is 0 Å². The number of aliphatic hydroxyl groups is 1. The van der Waals surface area contributed by atoms with Crippen LogP contribution in [-0.2, 0) is 9.59 Å². The average molecular weight is 268 g/mol. The van der Waals surface area contributed by atoms with Crippen LogP contribution in [0.2, 0.25) is 0 Å². The fraction of sp³-hybridized carbons (Fsp3) is 0.571. The van der Waals surface area contributed by atoms with Crippen LogP contribution in [0.5, 0.6) is 0 Å². The van der Waals surface area contributed by atoms with E-state index in [2.05, 4.69) is 5.32 Å². The summed E-state index contributed by atoms with van der Waals surface area (Å²) in [5.41, 5.74) is 6.52. The molecule has 2 amide bonds. The zero-order valence-corrected chi connectivity index (χ0v) is 12.1. The van der Waals surface area contributed by atoms with Crippen molar-refractivity contribution in [2.45, 2.75) is 40.2 Å². The Morgan fingerprint density at radius 2 is 1.89 bits per heavy atom. The van der Waals surface area contributed by atoms with Crippen LogP contribution in [0, 0.1) is 5.92 Å². The van der Waals surface area contributed by atoms with E-state index in [0.717, 1.165) is 5.57 Å². The van der Waals surface area contributed by atoms with Gasteiger partial charge >= 0.3 is 0 Å². The lowest BCUT2D eigenvalue weighted by atomic mass is 10.0. The van der Waals surface area contributed by atoms with Crippen LogP contribution in [0.4, 0.5) is 0 Å². The summed E-state index contributed by atoms with van der Waals surface area (Å²) in [4.78, 5) is 23.4. The van der Waals surface area contributed by atoms with E-state index in [1.165, 1.54) is 12.2 Å². The molecule has 0 aliphatic rings. The second kappa shape index (κ2) is 8.48. The number of rotatable bonds is 7. The third kappa shape index (κ3) is 6.76. The molecule has 1 unspecified atom stereocenters. The van der Waals surface area contributed by atoms with Gasteiger partial charge in [0.25, 0.3) is 5.91 Å². The minimum Gasteiger partial charge on any atom is -0.392 e. The Morgan fingerprint density at radius 1 is 1.32 bits per heavy atom. The number of nitrogens with one attached hydrogen (secondary N) is 1. The van der Waals surface area contributed by atoms with Crippen LogP contribution in [-0.4, -0.2) is 29.6 Å². The second-order valence-electron chi connectivity index (χ2n) is 5.06. The van der Waals surface area contributed by atoms with Gasteiger partial charge in [0, 0.05) is 5.57 Å². The summed E-state index contributed by atoms with van der Waals surface area (Å²) in [5.74, 6) is -0.642. The molecule has 0 saturated carbocycles. The lowest BCUT2D eigenvalue weighted by Crippen LogP contribution is -2.45. The summed E-state index contributed by atoms with van der Waals surface area (Å²) in [6.45, 7) is 7.34. The number of aliphatic hydroxyl groups excluding tert-OH is 1. The van der Waals surface area contributed by atoms with Crippen molar-refractivity contribution in [1.29, 1.82) is 0 Å². The highest BCUT2D eigenvalue weighted by molar-refractivity contribution is 5.99. The number of allylic oxidation sites excluding steroid dienone is 1. The van der Waals surface area contributed by atoms with Crippen molar-refractivity contribution in [1.82, 2.24) is 5.32 Å². The highest BCUT2D eigenvalue weighted by Gasteiger charge is 2.20. The molecule has 0 spiro atoms. The SMILES string of the molecule is CC(C)=C(C=CCO)C(=O)NC(CC(C)C)C(N)=O. The van der Waals surface area contributed by atoms with Crippen molar-refractivity contribution in [3.63, 3.8) is 0 Å². The topological polar surface area (TPSA) is 92.4 Å². The van der Waals surface area contributed by atoms with E-state index >= 15 is 0 Å². The highest BCUT2D eigenvalue weighted by Crippen LogP contribution is 2.09. The summed E-state index contributed by atoms with van der Waals surface area (Å²) in [5, 5.41) is 11.4. The molecule has 0 rings (SSSR count). The number of nitrogens with two attached hydrogens (primary N) is 1. The van der Waals surface area contributed by atoms with Gasteiger partial charge in [-0.25, -0.2) is 0 Å². The van der Waals surface area contributed by atoms with Crippen LogP contribution in [0.3, 0.4) is 0 Å². The smallest absolute Gasteiger partial charge is 0.251 e. The van der Waals surface area contributed by atoms with Gasteiger partial charge in [0.05, 0.1) is 6.61 Å². The van der Waals surface area contributed by atoms with Gasteiger partial charge in [0.1, 0.15) is 6.04 Å². The van der Waals surface area contributed by atoms with Gasteiger partial charge in [0.15, 0.2) is 0 Å². The molecule has 4 N–H and O–H groups in total. The fourth-order valence-corrected chi connectivity index (χ4v) is 1.59. The van der Waals surface area contributed by atoms with E-state index < -0.39 is 11.9 Å². The number of carbonyl (C=O) groups excluding carboxylic acids is 2. The molecule has 0 aliphatic carbocycles. The molecule has 0 aliphatic heterocycles. The molecule has 1 atom stereocenters. The Kier molecular flexibility index (Phi) is 7.75. The molecule has 0 aromatic carbocycles. The lowest BCUT2D eigenvalue weighted by molar-refractivity contribution is -0.125. The highest BCUT2D eigenvalue weighted by atomic mass is 16.2. The van der Waals surface area contributed by atoms with Crippen molar-refractivity contribution in [3.05, 3.63) is 23.3 Å². The molecule has 0 radical (unpaired) electrons. The maximum atomic E-state index is 12.1. The van der Waals surface area contributed by atoms with Crippen molar-refractivity contribution < 1.29 is 14.7 Å². The quantitative estimate of drug-likeness (QED) is 0.473. The first-order chi connectivity index (χ1) is 8.79. The number of amides is 2. The second-order valence-corrected chi connectivity index (χ2v) is 5.06. The van der Waals surface area contributed by atoms with E-state index in [4.69, 9.17) is 10.8 Å². The maximum absolute atomic E-state index is 12.1. The molecule has 0 fully saturated rings. The van der Waals surface area contributed by atoms with Gasteiger partial charge in [-0.2, -0.15) is 0 Å². The Hall–Kier alpha value is -1.62. The zero-order valence-electron chi connectivity index (χ0n) is 12.1. The predicted molar refractivity (Wildman–Crippen MR) is 75.2 cm³/mol. The normalized spacial score (nSPS) is 12.5. The number of carbonyl (C=O) groups is 2. The Labute approximate surface area is 114 Å². The first kappa shape index (κ1) is 17.4. The summed E-state index contributed by atoms with van der Waals surface area (Å²) in [6.07, 6.45) is 3.52. The van der Waals surface area contributed by atoms with E-state index in [9.17, 15) is 9.59 Å². The Balaban J connectivity index is 4.93. The molecule has 0 aromatic heterocycles. The molecule has 0 heterocycles. The fourth-order valence-electron chi connectivity index (χ4n) is 1.59. The van der Waals surface area contributed by atoms with Gasteiger partial charge in [0.2, 0.25) is 5.91 Å². The number of hydrogen-bond donors (Lipinski definition) is 3. The van der Waals surface area contributed by atoms with Gasteiger partial charge < -0.3 is 16.2 Å². The summed E-state index contributed by atoms with van der Waals surface area (Å²) in [6, 6.07) is -0.677. The average Bonchev–Trinajstić information content (AvgIpc) is 2.27. The van der Waals surface area contributed by atoms with E-state index in [1.807, 2.05) is 13.8 Å². The third-order valence-corrected chi connectivity index (χ3v) is 2.53. The molecular formula is C14H24N2O3. The largest absolute Gasteiger partial charge is 0.392 e. The van der Waals surface area contributed by atoms with Gasteiger partial charge in [-0.05, 0) is 26.2 Å². The number of hydrogen-bond acceptors (Lipinski definition) is 3. The molecule has 108 valence electrons. The molecule has 5 heteroatoms. The standard InChI is InChI=1S/C14H24N2O3/c1-9(2)8-12(13(15)18)16-14(19)11(10(3)4)6-5-7-17/h5-6,9,12,17H,7-8H2,1-4H3,(H2,15,18)(H,16,19). The van der Waals surface area contributed by atoms with Crippen molar-refractivity contribution in [2.75, 3.05) is 6.61 Å². The zero-order chi connectivity index (χ0) is 15.0. The van der Waals surface area contributed by atoms with Crippen LogP contribution < -0.4 is 11.1 Å². The van der Waals surface area contributed by atoms with Crippen LogP contribution in [0.15, 0.2) is 23.3 Å². The predicted octanol–water partition coefficient (Wildman–Crippen LogP) is 0.887.